The molecule has 2 rings (SSSR count). The standard InChI is InChI=1S/C14H18ClN3O3/c1-9-5-6-17(10(7-9)8-16)14(19)13-11(15)3-2-4-12(13)18(20)21/h2-4,9-10H,5-8,16H2,1H3. The fourth-order valence-corrected chi connectivity index (χ4v) is 3.01. The van der Waals surface area contributed by atoms with Gasteiger partial charge in [0.2, 0.25) is 0 Å². The molecule has 1 amide bonds. The van der Waals surface area contributed by atoms with Crippen LogP contribution >= 0.6 is 11.6 Å². The number of likely N-dealkylation sites (tertiary alicyclic amines) is 1. The predicted octanol–water partition coefficient (Wildman–Crippen LogP) is 2.45. The average molecular weight is 312 g/mol. The van der Waals surface area contributed by atoms with Crippen LogP contribution < -0.4 is 5.73 Å². The summed E-state index contributed by atoms with van der Waals surface area (Å²) in [4.78, 5) is 24.9. The molecule has 1 aromatic carbocycles. The highest BCUT2D eigenvalue weighted by Gasteiger charge is 2.34. The summed E-state index contributed by atoms with van der Waals surface area (Å²) in [5, 5.41) is 11.2. The molecule has 1 heterocycles. The summed E-state index contributed by atoms with van der Waals surface area (Å²) >= 11 is 6.02. The number of amides is 1. The molecule has 0 radical (unpaired) electrons. The Hall–Kier alpha value is -1.66. The molecule has 1 aromatic rings. The number of carbonyl (C=O) groups excluding carboxylic acids is 1. The van der Waals surface area contributed by atoms with Crippen LogP contribution in [-0.4, -0.2) is 34.9 Å². The topological polar surface area (TPSA) is 89.5 Å². The highest BCUT2D eigenvalue weighted by Crippen LogP contribution is 2.30. The van der Waals surface area contributed by atoms with E-state index in [4.69, 9.17) is 17.3 Å². The highest BCUT2D eigenvalue weighted by molar-refractivity contribution is 6.34. The first kappa shape index (κ1) is 15.7. The number of halogens is 1. The van der Waals surface area contributed by atoms with Gasteiger partial charge in [0.1, 0.15) is 5.56 Å². The Bertz CT molecular complexity index is 564. The first-order valence-corrected chi connectivity index (χ1v) is 7.27. The van der Waals surface area contributed by atoms with Gasteiger partial charge in [-0.2, -0.15) is 0 Å². The van der Waals surface area contributed by atoms with Crippen LogP contribution in [0.25, 0.3) is 0 Å². The third-order valence-electron chi connectivity index (χ3n) is 3.91. The Balaban J connectivity index is 2.38. The summed E-state index contributed by atoms with van der Waals surface area (Å²) < 4.78 is 0. The second-order valence-electron chi connectivity index (χ2n) is 5.41. The van der Waals surface area contributed by atoms with Gasteiger partial charge in [-0.15, -0.1) is 0 Å². The van der Waals surface area contributed by atoms with E-state index in [0.29, 0.717) is 19.0 Å². The highest BCUT2D eigenvalue weighted by atomic mass is 35.5. The number of nitrogens with two attached hydrogens (primary N) is 1. The van der Waals surface area contributed by atoms with E-state index in [0.717, 1.165) is 12.8 Å². The lowest BCUT2D eigenvalue weighted by molar-refractivity contribution is -0.385. The molecule has 7 heteroatoms. The lowest BCUT2D eigenvalue weighted by Crippen LogP contribution is -2.49. The van der Waals surface area contributed by atoms with Gasteiger partial charge in [0.05, 0.1) is 9.95 Å². The fourth-order valence-electron chi connectivity index (χ4n) is 2.76. The molecule has 1 aliphatic heterocycles. The van der Waals surface area contributed by atoms with Crippen molar-refractivity contribution in [3.05, 3.63) is 38.9 Å². The molecule has 0 bridgehead atoms. The third-order valence-corrected chi connectivity index (χ3v) is 4.23. The minimum Gasteiger partial charge on any atom is -0.334 e. The molecular weight excluding hydrogens is 294 g/mol. The Morgan fingerprint density at radius 2 is 2.29 bits per heavy atom. The maximum atomic E-state index is 12.7. The van der Waals surface area contributed by atoms with Crippen LogP contribution in [0.1, 0.15) is 30.1 Å². The predicted molar refractivity (Wildman–Crippen MR) is 80.4 cm³/mol. The summed E-state index contributed by atoms with van der Waals surface area (Å²) in [6.07, 6.45) is 1.67. The van der Waals surface area contributed by atoms with E-state index >= 15 is 0 Å². The summed E-state index contributed by atoms with van der Waals surface area (Å²) in [5.74, 6) is 0.0819. The molecule has 2 unspecified atom stereocenters. The van der Waals surface area contributed by atoms with Gasteiger partial charge in [-0.3, -0.25) is 14.9 Å². The first-order chi connectivity index (χ1) is 9.95. The second-order valence-corrected chi connectivity index (χ2v) is 5.82. The van der Waals surface area contributed by atoms with Crippen molar-refractivity contribution in [2.24, 2.45) is 11.7 Å². The number of rotatable bonds is 3. The number of hydrogen-bond acceptors (Lipinski definition) is 4. The zero-order valence-electron chi connectivity index (χ0n) is 11.8. The van der Waals surface area contributed by atoms with E-state index in [1.807, 2.05) is 0 Å². The van der Waals surface area contributed by atoms with Crippen LogP contribution in [0.5, 0.6) is 0 Å². The van der Waals surface area contributed by atoms with Crippen molar-refractivity contribution in [3.8, 4) is 0 Å². The number of piperidine rings is 1. The fraction of sp³-hybridized carbons (Fsp3) is 0.500. The monoisotopic (exact) mass is 311 g/mol. The van der Waals surface area contributed by atoms with E-state index in [9.17, 15) is 14.9 Å². The van der Waals surface area contributed by atoms with Crippen LogP contribution in [0, 0.1) is 16.0 Å². The largest absolute Gasteiger partial charge is 0.334 e. The molecule has 0 spiro atoms. The molecule has 6 nitrogen and oxygen atoms in total. The van der Waals surface area contributed by atoms with Gasteiger partial charge in [-0.25, -0.2) is 0 Å². The van der Waals surface area contributed by atoms with E-state index in [1.165, 1.54) is 18.2 Å². The maximum absolute atomic E-state index is 12.7. The second kappa shape index (κ2) is 6.41. The van der Waals surface area contributed by atoms with Gasteiger partial charge < -0.3 is 10.6 Å². The Kier molecular flexibility index (Phi) is 4.80. The number of nitro groups is 1. The van der Waals surface area contributed by atoms with Crippen molar-refractivity contribution < 1.29 is 9.72 Å². The van der Waals surface area contributed by atoms with Crippen molar-refractivity contribution in [2.45, 2.75) is 25.8 Å². The zero-order chi connectivity index (χ0) is 15.6. The molecule has 114 valence electrons. The van der Waals surface area contributed by atoms with Crippen LogP contribution in [0.3, 0.4) is 0 Å². The van der Waals surface area contributed by atoms with Crippen LogP contribution in [0.15, 0.2) is 18.2 Å². The smallest absolute Gasteiger partial charge is 0.283 e. The van der Waals surface area contributed by atoms with Crippen LogP contribution in [-0.2, 0) is 0 Å². The van der Waals surface area contributed by atoms with E-state index in [-0.39, 0.29) is 22.3 Å². The molecular formula is C14H18ClN3O3. The average Bonchev–Trinajstić information content (AvgIpc) is 2.46. The van der Waals surface area contributed by atoms with Crippen molar-refractivity contribution in [1.29, 1.82) is 0 Å². The third kappa shape index (κ3) is 3.16. The molecule has 2 N–H and O–H groups in total. The Morgan fingerprint density at radius 1 is 1.57 bits per heavy atom. The van der Waals surface area contributed by atoms with Gasteiger partial charge in [-0.1, -0.05) is 24.6 Å². The number of benzene rings is 1. The molecule has 1 fully saturated rings. The van der Waals surface area contributed by atoms with Crippen molar-refractivity contribution >= 4 is 23.2 Å². The van der Waals surface area contributed by atoms with E-state index in [1.54, 1.807) is 4.90 Å². The SMILES string of the molecule is CC1CCN(C(=O)c2c(Cl)cccc2[N+](=O)[O-])C(CN)C1. The molecule has 1 aliphatic rings. The summed E-state index contributed by atoms with van der Waals surface area (Å²) in [7, 11) is 0. The molecule has 2 atom stereocenters. The minimum atomic E-state index is -0.580. The number of hydrogen-bond donors (Lipinski definition) is 1. The van der Waals surface area contributed by atoms with Gasteiger partial charge in [0.15, 0.2) is 0 Å². The number of nitrogens with zero attached hydrogens (tertiary/aromatic N) is 2. The van der Waals surface area contributed by atoms with Crippen LogP contribution in [0.2, 0.25) is 5.02 Å². The summed E-state index contributed by atoms with van der Waals surface area (Å²) in [6, 6.07) is 4.15. The first-order valence-electron chi connectivity index (χ1n) is 6.89. The summed E-state index contributed by atoms with van der Waals surface area (Å²) in [6.45, 7) is 3.00. The Morgan fingerprint density at radius 3 is 2.90 bits per heavy atom. The normalized spacial score (nSPS) is 22.1. The number of nitro benzene ring substituents is 1. The van der Waals surface area contributed by atoms with Crippen LogP contribution in [0.4, 0.5) is 5.69 Å². The van der Waals surface area contributed by atoms with Crippen molar-refractivity contribution in [3.63, 3.8) is 0 Å². The van der Waals surface area contributed by atoms with Gasteiger partial charge in [-0.05, 0) is 24.8 Å². The minimum absolute atomic E-state index is 0.0443. The lowest BCUT2D eigenvalue weighted by atomic mass is 9.91. The van der Waals surface area contributed by atoms with Gasteiger partial charge in [0.25, 0.3) is 11.6 Å². The quantitative estimate of drug-likeness (QED) is 0.686. The number of carbonyl (C=O) groups is 1. The molecule has 0 saturated carbocycles. The van der Waals surface area contributed by atoms with Gasteiger partial charge >= 0.3 is 0 Å². The lowest BCUT2D eigenvalue weighted by Gasteiger charge is -2.38. The summed E-state index contributed by atoms with van der Waals surface area (Å²) in [5.41, 5.74) is 5.44. The zero-order valence-corrected chi connectivity index (χ0v) is 12.5. The molecule has 1 saturated heterocycles. The van der Waals surface area contributed by atoms with E-state index in [2.05, 4.69) is 6.92 Å². The van der Waals surface area contributed by atoms with E-state index < -0.39 is 10.8 Å². The molecule has 0 aliphatic carbocycles. The van der Waals surface area contributed by atoms with Crippen molar-refractivity contribution in [1.82, 2.24) is 4.90 Å². The van der Waals surface area contributed by atoms with Crippen molar-refractivity contribution in [2.75, 3.05) is 13.1 Å². The maximum Gasteiger partial charge on any atom is 0.283 e. The van der Waals surface area contributed by atoms with Gasteiger partial charge in [0, 0.05) is 25.2 Å². The molecule has 21 heavy (non-hydrogen) atoms. The molecule has 0 aromatic heterocycles. The Labute approximate surface area is 128 Å².